The van der Waals surface area contributed by atoms with Gasteiger partial charge in [0, 0.05) is 36.0 Å². The predicted octanol–water partition coefficient (Wildman–Crippen LogP) is 2.52. The number of Topliss-reactive ketones (excluding diaryl/α,β-unsaturated/α-hetero) is 1. The van der Waals surface area contributed by atoms with Gasteiger partial charge in [-0.1, -0.05) is 17.7 Å². The van der Waals surface area contributed by atoms with Crippen LogP contribution < -0.4 is 0 Å². The Kier molecular flexibility index (Phi) is 2.63. The number of aliphatic imine (C=N–C) groups is 1. The molecule has 18 heavy (non-hydrogen) atoms. The van der Waals surface area contributed by atoms with Gasteiger partial charge in [0.25, 0.3) is 0 Å². The maximum absolute atomic E-state index is 12.2. The molecule has 1 aliphatic carbocycles. The lowest BCUT2D eigenvalue weighted by molar-refractivity contribution is -0.122. The Hall–Kier alpha value is -1.09. The number of likely N-dealkylation sites (N-methyl/N-ethyl adjacent to an activating group) is 1. The summed E-state index contributed by atoms with van der Waals surface area (Å²) in [7, 11) is 0. The summed E-state index contributed by atoms with van der Waals surface area (Å²) in [6.07, 6.45) is 6.99. The van der Waals surface area contributed by atoms with E-state index in [4.69, 9.17) is 16.6 Å². The fourth-order valence-corrected chi connectivity index (χ4v) is 3.82. The first-order valence-electron chi connectivity index (χ1n) is 6.51. The Morgan fingerprint density at radius 3 is 3.11 bits per heavy atom. The summed E-state index contributed by atoms with van der Waals surface area (Å²) in [5.41, 5.74) is 0.752. The van der Waals surface area contributed by atoms with Gasteiger partial charge in [0.05, 0.1) is 5.92 Å². The molecule has 0 aromatic carbocycles. The summed E-state index contributed by atoms with van der Waals surface area (Å²) in [5.74, 6) is 0.0629. The van der Waals surface area contributed by atoms with E-state index in [2.05, 4.69) is 18.7 Å². The standard InChI is InChI=1S/C14H17ClN2O/c1-3-17-9(2)8-14-11(12(18)4-5-16-14)6-10(15)7-13(14)17/h5-7,9,11H,3-4,8H2,1-2H3. The lowest BCUT2D eigenvalue weighted by Crippen LogP contribution is -2.45. The second-order valence-corrected chi connectivity index (χ2v) is 5.74. The van der Waals surface area contributed by atoms with Crippen LogP contribution in [-0.2, 0) is 4.79 Å². The number of rotatable bonds is 1. The highest BCUT2D eigenvalue weighted by atomic mass is 35.5. The van der Waals surface area contributed by atoms with Gasteiger partial charge in [-0.2, -0.15) is 0 Å². The van der Waals surface area contributed by atoms with Crippen molar-refractivity contribution in [3.63, 3.8) is 0 Å². The number of carbonyl (C=O) groups excluding carboxylic acids is 1. The van der Waals surface area contributed by atoms with Gasteiger partial charge < -0.3 is 4.90 Å². The minimum Gasteiger partial charge on any atom is -0.370 e. The first-order valence-corrected chi connectivity index (χ1v) is 6.89. The molecule has 1 saturated heterocycles. The summed E-state index contributed by atoms with van der Waals surface area (Å²) >= 11 is 6.19. The maximum atomic E-state index is 12.2. The van der Waals surface area contributed by atoms with E-state index in [9.17, 15) is 4.79 Å². The highest BCUT2D eigenvalue weighted by Gasteiger charge is 2.54. The van der Waals surface area contributed by atoms with E-state index in [1.54, 1.807) is 6.21 Å². The predicted molar refractivity (Wildman–Crippen MR) is 72.8 cm³/mol. The average molecular weight is 265 g/mol. The fourth-order valence-electron chi connectivity index (χ4n) is 3.59. The van der Waals surface area contributed by atoms with Crippen molar-refractivity contribution in [3.05, 3.63) is 22.9 Å². The van der Waals surface area contributed by atoms with E-state index in [-0.39, 0.29) is 17.2 Å². The smallest absolute Gasteiger partial charge is 0.147 e. The summed E-state index contributed by atoms with van der Waals surface area (Å²) in [4.78, 5) is 19.2. The molecule has 0 bridgehead atoms. The Balaban J connectivity index is 2.16. The monoisotopic (exact) mass is 264 g/mol. The molecule has 1 spiro atoms. The number of allylic oxidation sites excluding steroid dienone is 2. The molecule has 0 radical (unpaired) electrons. The quantitative estimate of drug-likeness (QED) is 0.729. The van der Waals surface area contributed by atoms with Crippen molar-refractivity contribution in [2.45, 2.75) is 38.3 Å². The highest BCUT2D eigenvalue weighted by molar-refractivity contribution is 6.31. The number of hydrogen-bond donors (Lipinski definition) is 0. The molecule has 96 valence electrons. The number of likely N-dealkylation sites (tertiary alicyclic amines) is 1. The first-order chi connectivity index (χ1) is 8.58. The van der Waals surface area contributed by atoms with E-state index < -0.39 is 0 Å². The Bertz CT molecular complexity index is 494. The first kappa shape index (κ1) is 12.0. The Labute approximate surface area is 112 Å². The molecule has 0 aromatic rings. The van der Waals surface area contributed by atoms with Crippen LogP contribution in [0.1, 0.15) is 26.7 Å². The second kappa shape index (κ2) is 3.95. The van der Waals surface area contributed by atoms with Crippen LogP contribution in [0.25, 0.3) is 0 Å². The molecule has 2 aliphatic heterocycles. The van der Waals surface area contributed by atoms with Gasteiger partial charge in [-0.25, -0.2) is 0 Å². The molecular formula is C14H17ClN2O. The molecule has 3 aliphatic rings. The molecule has 1 fully saturated rings. The SMILES string of the molecule is CCN1C2=CC(Cl)=CC3C(=O)CC=NC23CC1C. The zero-order chi connectivity index (χ0) is 12.9. The van der Waals surface area contributed by atoms with Crippen LogP contribution in [0.15, 0.2) is 27.9 Å². The van der Waals surface area contributed by atoms with E-state index in [0.29, 0.717) is 17.5 Å². The molecule has 0 amide bonds. The van der Waals surface area contributed by atoms with Gasteiger partial charge in [0.2, 0.25) is 0 Å². The minimum absolute atomic E-state index is 0.172. The number of halogens is 1. The third kappa shape index (κ3) is 1.43. The van der Waals surface area contributed by atoms with Crippen LogP contribution in [0, 0.1) is 5.92 Å². The van der Waals surface area contributed by atoms with Gasteiger partial charge in [-0.15, -0.1) is 0 Å². The molecule has 4 heteroatoms. The van der Waals surface area contributed by atoms with Crippen LogP contribution in [-0.4, -0.2) is 35.0 Å². The molecule has 0 aromatic heterocycles. The fraction of sp³-hybridized carbons (Fsp3) is 0.571. The Morgan fingerprint density at radius 1 is 1.61 bits per heavy atom. The topological polar surface area (TPSA) is 32.7 Å². The van der Waals surface area contributed by atoms with Crippen LogP contribution in [0.4, 0.5) is 0 Å². The van der Waals surface area contributed by atoms with Gasteiger partial charge in [-0.05, 0) is 26.3 Å². The normalized spacial score (nSPS) is 38.2. The summed E-state index contributed by atoms with van der Waals surface area (Å²) in [5, 5.41) is 0.670. The van der Waals surface area contributed by atoms with Gasteiger partial charge in [-0.3, -0.25) is 9.79 Å². The molecular weight excluding hydrogens is 248 g/mol. The maximum Gasteiger partial charge on any atom is 0.147 e. The van der Waals surface area contributed by atoms with E-state index in [1.807, 2.05) is 12.2 Å². The average Bonchev–Trinajstić information content (AvgIpc) is 2.59. The number of ketones is 1. The zero-order valence-corrected chi connectivity index (χ0v) is 11.4. The van der Waals surface area contributed by atoms with Crippen molar-refractivity contribution in [1.29, 1.82) is 0 Å². The summed E-state index contributed by atoms with van der Waals surface area (Å²) in [6.45, 7) is 5.25. The third-order valence-corrected chi connectivity index (χ3v) is 4.54. The van der Waals surface area contributed by atoms with Crippen molar-refractivity contribution < 1.29 is 4.79 Å². The largest absolute Gasteiger partial charge is 0.370 e. The van der Waals surface area contributed by atoms with E-state index in [0.717, 1.165) is 18.7 Å². The van der Waals surface area contributed by atoms with Crippen molar-refractivity contribution in [3.8, 4) is 0 Å². The minimum atomic E-state index is -0.372. The molecule has 3 atom stereocenters. The Morgan fingerprint density at radius 2 is 2.39 bits per heavy atom. The summed E-state index contributed by atoms with van der Waals surface area (Å²) < 4.78 is 0. The van der Waals surface area contributed by atoms with Gasteiger partial charge in [0.15, 0.2) is 0 Å². The van der Waals surface area contributed by atoms with E-state index >= 15 is 0 Å². The number of hydrogen-bond acceptors (Lipinski definition) is 3. The molecule has 0 saturated carbocycles. The van der Waals surface area contributed by atoms with Crippen molar-refractivity contribution in [1.82, 2.24) is 4.90 Å². The molecule has 2 heterocycles. The zero-order valence-electron chi connectivity index (χ0n) is 10.7. The van der Waals surface area contributed by atoms with Crippen LogP contribution >= 0.6 is 11.6 Å². The highest BCUT2D eigenvalue weighted by Crippen LogP contribution is 2.50. The molecule has 3 unspecified atom stereocenters. The van der Waals surface area contributed by atoms with Gasteiger partial charge in [0.1, 0.15) is 11.3 Å². The second-order valence-electron chi connectivity index (χ2n) is 5.30. The van der Waals surface area contributed by atoms with Crippen LogP contribution in [0.3, 0.4) is 0 Å². The summed E-state index contributed by atoms with van der Waals surface area (Å²) in [6, 6.07) is 0.405. The van der Waals surface area contributed by atoms with Gasteiger partial charge >= 0.3 is 0 Å². The van der Waals surface area contributed by atoms with Crippen molar-refractivity contribution in [2.24, 2.45) is 10.9 Å². The third-order valence-electron chi connectivity index (χ3n) is 4.31. The number of nitrogens with zero attached hydrogens (tertiary/aromatic N) is 2. The lowest BCUT2D eigenvalue weighted by atomic mass is 9.73. The van der Waals surface area contributed by atoms with Crippen LogP contribution in [0.2, 0.25) is 0 Å². The van der Waals surface area contributed by atoms with E-state index in [1.165, 1.54) is 0 Å². The molecule has 3 nitrogen and oxygen atoms in total. The lowest BCUT2D eigenvalue weighted by Gasteiger charge is -2.38. The van der Waals surface area contributed by atoms with Crippen molar-refractivity contribution in [2.75, 3.05) is 6.54 Å². The molecule has 3 rings (SSSR count). The van der Waals surface area contributed by atoms with Crippen LogP contribution in [0.5, 0.6) is 0 Å². The molecule has 0 N–H and O–H groups in total. The number of carbonyl (C=O) groups is 1. The van der Waals surface area contributed by atoms with Crippen molar-refractivity contribution >= 4 is 23.6 Å².